The molecule has 1 aliphatic rings. The molecule has 0 spiro atoms. The minimum atomic E-state index is -3.72. The molecular weight excluding hydrogens is 400 g/mol. The highest BCUT2D eigenvalue weighted by Gasteiger charge is 2.44. The van der Waals surface area contributed by atoms with Crippen LogP contribution in [0.2, 0.25) is 0 Å². The summed E-state index contributed by atoms with van der Waals surface area (Å²) in [5.74, 6) is -2.54. The Balaban J connectivity index is 2.83. The normalized spacial score (nSPS) is 21.0. The van der Waals surface area contributed by atoms with E-state index in [1.165, 1.54) is 30.4 Å². The van der Waals surface area contributed by atoms with Gasteiger partial charge >= 0.3 is 11.9 Å². The van der Waals surface area contributed by atoms with Crippen molar-refractivity contribution in [1.82, 2.24) is 0 Å². The summed E-state index contributed by atoms with van der Waals surface area (Å²) in [6, 6.07) is 4.27. The van der Waals surface area contributed by atoms with E-state index >= 15 is 0 Å². The lowest BCUT2D eigenvalue weighted by Gasteiger charge is -2.32. The molecule has 0 bridgehead atoms. The number of allylic oxidation sites excluding steroid dienone is 2. The summed E-state index contributed by atoms with van der Waals surface area (Å²) in [5.41, 5.74) is -1.35. The van der Waals surface area contributed by atoms with Crippen molar-refractivity contribution in [1.29, 1.82) is 0 Å². The van der Waals surface area contributed by atoms with E-state index in [1.54, 1.807) is 6.92 Å². The SMILES string of the molecule is CC1=CC(C(=O)O)(c2ccc(Br)cc2S(C)(=O)=O)CC(C(=O)O)=C1. The van der Waals surface area contributed by atoms with Crippen molar-refractivity contribution >= 4 is 37.7 Å². The Kier molecular flexibility index (Phi) is 4.74. The van der Waals surface area contributed by atoms with Crippen LogP contribution in [0.15, 0.2) is 50.9 Å². The van der Waals surface area contributed by atoms with Gasteiger partial charge in [0, 0.05) is 22.7 Å². The quantitative estimate of drug-likeness (QED) is 0.783. The highest BCUT2D eigenvalue weighted by atomic mass is 79.9. The fourth-order valence-electron chi connectivity index (χ4n) is 2.84. The fraction of sp³-hybridized carbons (Fsp3) is 0.250. The largest absolute Gasteiger partial charge is 0.480 e. The highest BCUT2D eigenvalue weighted by molar-refractivity contribution is 9.10. The van der Waals surface area contributed by atoms with Crippen LogP contribution in [0.5, 0.6) is 0 Å². The lowest BCUT2D eigenvalue weighted by molar-refractivity contribution is -0.142. The number of carboxylic acid groups (broad SMARTS) is 2. The molecule has 6 nitrogen and oxygen atoms in total. The predicted molar refractivity (Wildman–Crippen MR) is 90.7 cm³/mol. The van der Waals surface area contributed by atoms with Crippen LogP contribution in [0.4, 0.5) is 0 Å². The molecule has 0 heterocycles. The Hall–Kier alpha value is -1.93. The van der Waals surface area contributed by atoms with Gasteiger partial charge in [-0.1, -0.05) is 33.6 Å². The smallest absolute Gasteiger partial charge is 0.331 e. The third-order valence-corrected chi connectivity index (χ3v) is 5.46. The molecular formula is C16H15BrO6S. The Bertz CT molecular complexity index is 897. The van der Waals surface area contributed by atoms with E-state index in [0.717, 1.165) is 6.26 Å². The second-order valence-electron chi connectivity index (χ2n) is 5.73. The Morgan fingerprint density at radius 1 is 1.25 bits per heavy atom. The zero-order valence-electron chi connectivity index (χ0n) is 12.9. The zero-order chi connectivity index (χ0) is 18.3. The van der Waals surface area contributed by atoms with E-state index in [0.29, 0.717) is 10.0 Å². The number of hydrogen-bond acceptors (Lipinski definition) is 4. The van der Waals surface area contributed by atoms with Crippen molar-refractivity contribution in [3.63, 3.8) is 0 Å². The van der Waals surface area contributed by atoms with Crippen molar-refractivity contribution in [2.45, 2.75) is 23.7 Å². The number of aliphatic carboxylic acids is 2. The third-order valence-electron chi connectivity index (χ3n) is 3.83. The van der Waals surface area contributed by atoms with Crippen molar-refractivity contribution < 1.29 is 28.2 Å². The van der Waals surface area contributed by atoms with Gasteiger partial charge in [-0.15, -0.1) is 0 Å². The molecule has 1 atom stereocenters. The molecule has 0 fully saturated rings. The van der Waals surface area contributed by atoms with Gasteiger partial charge in [-0.25, -0.2) is 13.2 Å². The summed E-state index contributed by atoms with van der Waals surface area (Å²) < 4.78 is 24.8. The monoisotopic (exact) mass is 414 g/mol. The van der Waals surface area contributed by atoms with Crippen LogP contribution in [-0.2, 0) is 24.8 Å². The zero-order valence-corrected chi connectivity index (χ0v) is 15.3. The van der Waals surface area contributed by atoms with Gasteiger partial charge in [-0.2, -0.15) is 0 Å². The van der Waals surface area contributed by atoms with Gasteiger partial charge < -0.3 is 10.2 Å². The van der Waals surface area contributed by atoms with E-state index in [9.17, 15) is 28.2 Å². The summed E-state index contributed by atoms with van der Waals surface area (Å²) in [6.07, 6.45) is 3.45. The van der Waals surface area contributed by atoms with Gasteiger partial charge in [0.2, 0.25) is 0 Å². The first-order chi connectivity index (χ1) is 11.0. The maximum Gasteiger partial charge on any atom is 0.331 e. The molecule has 2 N–H and O–H groups in total. The molecule has 0 saturated heterocycles. The fourth-order valence-corrected chi connectivity index (χ4v) is 4.35. The van der Waals surface area contributed by atoms with Crippen LogP contribution in [0.1, 0.15) is 18.9 Å². The Labute approximate surface area is 147 Å². The average molecular weight is 415 g/mol. The third kappa shape index (κ3) is 3.29. The van der Waals surface area contributed by atoms with Crippen molar-refractivity contribution in [3.05, 3.63) is 51.5 Å². The van der Waals surface area contributed by atoms with Crippen LogP contribution < -0.4 is 0 Å². The number of carboxylic acids is 2. The molecule has 24 heavy (non-hydrogen) atoms. The van der Waals surface area contributed by atoms with E-state index in [4.69, 9.17) is 0 Å². The highest BCUT2D eigenvalue weighted by Crippen LogP contribution is 2.41. The maximum absolute atomic E-state index is 12.1. The van der Waals surface area contributed by atoms with Crippen LogP contribution in [0.25, 0.3) is 0 Å². The Morgan fingerprint density at radius 2 is 1.88 bits per heavy atom. The molecule has 8 heteroatoms. The molecule has 0 aromatic heterocycles. The predicted octanol–water partition coefficient (Wildman–Crippen LogP) is 2.54. The van der Waals surface area contributed by atoms with Crippen molar-refractivity contribution in [2.75, 3.05) is 6.26 Å². The molecule has 1 unspecified atom stereocenters. The number of carbonyl (C=O) groups is 2. The average Bonchev–Trinajstić information content (AvgIpc) is 2.45. The molecule has 1 aromatic carbocycles. The van der Waals surface area contributed by atoms with Crippen LogP contribution in [0.3, 0.4) is 0 Å². The first-order valence-electron chi connectivity index (χ1n) is 6.84. The second-order valence-corrected chi connectivity index (χ2v) is 8.63. The summed E-state index contributed by atoms with van der Waals surface area (Å²) >= 11 is 3.18. The van der Waals surface area contributed by atoms with Crippen molar-refractivity contribution in [3.8, 4) is 0 Å². The molecule has 0 aliphatic heterocycles. The summed E-state index contributed by atoms with van der Waals surface area (Å²) in [5, 5.41) is 19.1. The molecule has 2 rings (SSSR count). The molecule has 1 aromatic rings. The topological polar surface area (TPSA) is 109 Å². The first-order valence-corrected chi connectivity index (χ1v) is 9.52. The van der Waals surface area contributed by atoms with Crippen molar-refractivity contribution in [2.24, 2.45) is 0 Å². The number of sulfone groups is 1. The summed E-state index contributed by atoms with van der Waals surface area (Å²) in [7, 11) is -3.72. The minimum Gasteiger partial charge on any atom is -0.480 e. The second kappa shape index (κ2) is 6.18. The molecule has 128 valence electrons. The number of rotatable bonds is 4. The molecule has 0 saturated carbocycles. The van der Waals surface area contributed by atoms with Gasteiger partial charge in [-0.05, 0) is 30.7 Å². The standard InChI is InChI=1S/C16H15BrO6S/c1-9-5-10(14(18)19)8-16(7-9,15(20)21)12-4-3-11(17)6-13(12)24(2,22)23/h3-7H,8H2,1-2H3,(H,18,19)(H,20,21). The minimum absolute atomic E-state index is 0.0481. The van der Waals surface area contributed by atoms with E-state index in [1.807, 2.05) is 0 Å². The number of hydrogen-bond donors (Lipinski definition) is 2. The lowest BCUT2D eigenvalue weighted by Crippen LogP contribution is -2.38. The first kappa shape index (κ1) is 18.4. The van der Waals surface area contributed by atoms with E-state index in [-0.39, 0.29) is 22.5 Å². The van der Waals surface area contributed by atoms with Crippen LogP contribution >= 0.6 is 15.9 Å². The lowest BCUT2D eigenvalue weighted by atomic mass is 9.71. The number of halogens is 1. The molecule has 1 aliphatic carbocycles. The van der Waals surface area contributed by atoms with Gasteiger partial charge in [0.05, 0.1) is 4.90 Å². The molecule has 0 radical (unpaired) electrons. The van der Waals surface area contributed by atoms with Crippen LogP contribution in [-0.4, -0.2) is 36.8 Å². The Morgan fingerprint density at radius 3 is 2.38 bits per heavy atom. The molecule has 0 amide bonds. The number of benzene rings is 1. The van der Waals surface area contributed by atoms with E-state index < -0.39 is 27.2 Å². The van der Waals surface area contributed by atoms with E-state index in [2.05, 4.69) is 15.9 Å². The summed E-state index contributed by atoms with van der Waals surface area (Å²) in [4.78, 5) is 23.3. The van der Waals surface area contributed by atoms with Gasteiger partial charge in [0.15, 0.2) is 9.84 Å². The van der Waals surface area contributed by atoms with Crippen LogP contribution in [0, 0.1) is 0 Å². The summed E-state index contributed by atoms with van der Waals surface area (Å²) in [6.45, 7) is 1.58. The van der Waals surface area contributed by atoms with Gasteiger partial charge in [-0.3, -0.25) is 4.79 Å². The van der Waals surface area contributed by atoms with Gasteiger partial charge in [0.1, 0.15) is 5.41 Å². The maximum atomic E-state index is 12.1. The van der Waals surface area contributed by atoms with Gasteiger partial charge in [0.25, 0.3) is 0 Å².